The van der Waals surface area contributed by atoms with Crippen molar-refractivity contribution in [2.24, 2.45) is 5.10 Å². The lowest BCUT2D eigenvalue weighted by molar-refractivity contribution is -0.338. The van der Waals surface area contributed by atoms with Crippen LogP contribution in [0, 0.1) is 0 Å². The zero-order chi connectivity index (χ0) is 28.1. The Labute approximate surface area is 218 Å². The number of hydrogen-bond donors (Lipinski definition) is 1. The number of rotatable bonds is 5. The normalized spacial score (nSPS) is 17.0. The van der Waals surface area contributed by atoms with Gasteiger partial charge in [-0.25, -0.2) is 8.42 Å². The number of aliphatic hydroxyl groups is 1. The van der Waals surface area contributed by atoms with Gasteiger partial charge in [-0.1, -0.05) is 54.1 Å². The Morgan fingerprint density at radius 1 is 0.895 bits per heavy atom. The monoisotopic (exact) mass is 576 g/mol. The van der Waals surface area contributed by atoms with E-state index in [1.165, 1.54) is 60.7 Å². The summed E-state index contributed by atoms with van der Waals surface area (Å²) in [7, 11) is -3.46. The molecule has 0 spiro atoms. The van der Waals surface area contributed by atoms with Crippen LogP contribution in [0.15, 0.2) is 82.8 Å². The molecule has 0 aromatic heterocycles. The van der Waals surface area contributed by atoms with Crippen molar-refractivity contribution in [3.05, 3.63) is 83.4 Å². The molecule has 0 aliphatic carbocycles. The molecule has 0 saturated carbocycles. The molecule has 3 aromatic rings. The third-order valence-corrected chi connectivity index (χ3v) is 7.61. The van der Waals surface area contributed by atoms with E-state index in [0.29, 0.717) is 11.1 Å². The lowest BCUT2D eigenvalue weighted by Crippen LogP contribution is -2.62. The highest BCUT2D eigenvalue weighted by atomic mass is 35.5. The molecule has 0 radical (unpaired) electrons. The Morgan fingerprint density at radius 2 is 1.50 bits per heavy atom. The minimum atomic E-state index is -6.09. The number of hydrogen-bond acceptors (Lipinski definition) is 5. The van der Waals surface area contributed by atoms with Crippen LogP contribution in [0.3, 0.4) is 0 Å². The molecule has 5 nitrogen and oxygen atoms in total. The first-order valence-electron chi connectivity index (χ1n) is 10.9. The molecule has 3 aromatic carbocycles. The van der Waals surface area contributed by atoms with Crippen LogP contribution in [-0.4, -0.2) is 43.4 Å². The fourth-order valence-electron chi connectivity index (χ4n) is 4.17. The molecule has 0 saturated heterocycles. The standard InChI is InChI=1S/C25H19ClF6N2O3S/c1-38(36,37)18-11-9-15(10-12-18)16-5-4-6-17(13-16)34-21(19-7-2-3-8-20(19)26)14-22(33-34)23(35,24(27,28)29)25(30,31)32/h2-13,21,35H,14H2,1H3. The molecule has 1 aliphatic heterocycles. The van der Waals surface area contributed by atoms with E-state index in [9.17, 15) is 39.9 Å². The van der Waals surface area contributed by atoms with Gasteiger partial charge in [-0.2, -0.15) is 31.4 Å². The number of benzene rings is 3. The summed E-state index contributed by atoms with van der Waals surface area (Å²) < 4.78 is 105. The van der Waals surface area contributed by atoms with Crippen molar-refractivity contribution in [2.45, 2.75) is 35.3 Å². The number of halogens is 7. The average molecular weight is 577 g/mol. The second-order valence-electron chi connectivity index (χ2n) is 8.69. The van der Waals surface area contributed by atoms with Gasteiger partial charge in [0.15, 0.2) is 9.84 Å². The van der Waals surface area contributed by atoms with Crippen molar-refractivity contribution in [3.8, 4) is 11.1 Å². The molecule has 0 amide bonds. The summed E-state index contributed by atoms with van der Waals surface area (Å²) in [4.78, 5) is 0.0727. The van der Waals surface area contributed by atoms with Gasteiger partial charge < -0.3 is 5.11 Å². The average Bonchev–Trinajstić information content (AvgIpc) is 3.27. The first kappa shape index (κ1) is 27.9. The summed E-state index contributed by atoms with van der Waals surface area (Å²) in [6, 6.07) is 16.6. The van der Waals surface area contributed by atoms with E-state index < -0.39 is 46.0 Å². The van der Waals surface area contributed by atoms with E-state index in [0.717, 1.165) is 11.3 Å². The van der Waals surface area contributed by atoms with Crippen LogP contribution >= 0.6 is 11.6 Å². The summed E-state index contributed by atoms with van der Waals surface area (Å²) in [5.41, 5.74) is -5.33. The summed E-state index contributed by atoms with van der Waals surface area (Å²) in [6.07, 6.45) is -12.0. The third-order valence-electron chi connectivity index (χ3n) is 6.14. The zero-order valence-electron chi connectivity index (χ0n) is 19.4. The van der Waals surface area contributed by atoms with Crippen LogP contribution in [0.2, 0.25) is 5.02 Å². The Morgan fingerprint density at radius 3 is 2.05 bits per heavy atom. The van der Waals surface area contributed by atoms with Gasteiger partial charge in [0.1, 0.15) is 0 Å². The van der Waals surface area contributed by atoms with Gasteiger partial charge in [0.05, 0.1) is 22.3 Å². The van der Waals surface area contributed by atoms with E-state index in [4.69, 9.17) is 11.6 Å². The van der Waals surface area contributed by atoms with Crippen molar-refractivity contribution in [1.29, 1.82) is 0 Å². The highest BCUT2D eigenvalue weighted by molar-refractivity contribution is 7.90. The van der Waals surface area contributed by atoms with Gasteiger partial charge in [0, 0.05) is 17.7 Å². The Kier molecular flexibility index (Phi) is 7.04. The maximum Gasteiger partial charge on any atom is 0.431 e. The fraction of sp³-hybridized carbons (Fsp3) is 0.240. The van der Waals surface area contributed by atoms with Gasteiger partial charge in [-0.05, 0) is 47.0 Å². The van der Waals surface area contributed by atoms with Crippen molar-refractivity contribution >= 4 is 32.8 Å². The number of sulfone groups is 1. The molecule has 1 aliphatic rings. The van der Waals surface area contributed by atoms with Gasteiger partial charge in [-0.3, -0.25) is 5.01 Å². The summed E-state index contributed by atoms with van der Waals surface area (Å²) in [6.45, 7) is 0. The lowest BCUT2D eigenvalue weighted by atomic mass is 9.90. The molecule has 4 rings (SSSR count). The molecule has 1 atom stereocenters. The molecular formula is C25H19ClF6N2O3S. The number of alkyl halides is 6. The Hall–Kier alpha value is -3.09. The predicted molar refractivity (Wildman–Crippen MR) is 131 cm³/mol. The first-order valence-corrected chi connectivity index (χ1v) is 13.2. The van der Waals surface area contributed by atoms with Crippen molar-refractivity contribution in [1.82, 2.24) is 0 Å². The molecule has 1 unspecified atom stereocenters. The quantitative estimate of drug-likeness (QED) is 0.349. The molecule has 38 heavy (non-hydrogen) atoms. The van der Waals surface area contributed by atoms with Crippen LogP contribution in [0.25, 0.3) is 11.1 Å². The van der Waals surface area contributed by atoms with Gasteiger partial charge in [0.25, 0.3) is 5.60 Å². The molecule has 13 heteroatoms. The maximum absolute atomic E-state index is 13.7. The largest absolute Gasteiger partial charge is 0.431 e. The summed E-state index contributed by atoms with van der Waals surface area (Å²) in [5, 5.41) is 14.7. The highest BCUT2D eigenvalue weighted by Gasteiger charge is 2.74. The predicted octanol–water partition coefficient (Wildman–Crippen LogP) is 6.57. The summed E-state index contributed by atoms with van der Waals surface area (Å²) in [5.74, 6) is 0. The molecular weight excluding hydrogens is 558 g/mol. The topological polar surface area (TPSA) is 70.0 Å². The molecule has 202 valence electrons. The third kappa shape index (κ3) is 4.99. The molecule has 1 heterocycles. The fourth-order valence-corrected chi connectivity index (χ4v) is 5.06. The molecule has 1 N–H and O–H groups in total. The van der Waals surface area contributed by atoms with E-state index in [2.05, 4.69) is 5.10 Å². The van der Waals surface area contributed by atoms with Crippen LogP contribution in [0.1, 0.15) is 18.0 Å². The molecule has 0 fully saturated rings. The SMILES string of the molecule is CS(=O)(=O)c1ccc(-c2cccc(N3N=C(C(O)(C(F)(F)F)C(F)(F)F)CC3c3ccccc3Cl)c2)cc1. The number of nitrogens with zero attached hydrogens (tertiary/aromatic N) is 2. The van der Waals surface area contributed by atoms with Crippen molar-refractivity contribution < 1.29 is 39.9 Å². The highest BCUT2D eigenvalue weighted by Crippen LogP contribution is 2.49. The van der Waals surface area contributed by atoms with Gasteiger partial charge >= 0.3 is 12.4 Å². The Balaban J connectivity index is 1.84. The number of anilines is 1. The lowest BCUT2D eigenvalue weighted by Gasteiger charge is -2.32. The summed E-state index contributed by atoms with van der Waals surface area (Å²) >= 11 is 6.24. The maximum atomic E-state index is 13.7. The van der Waals surface area contributed by atoms with Crippen LogP contribution < -0.4 is 5.01 Å². The zero-order valence-corrected chi connectivity index (χ0v) is 21.0. The van der Waals surface area contributed by atoms with Gasteiger partial charge in [0.2, 0.25) is 0 Å². The van der Waals surface area contributed by atoms with Crippen LogP contribution in [0.5, 0.6) is 0 Å². The van der Waals surface area contributed by atoms with E-state index in [1.807, 2.05) is 0 Å². The smallest absolute Gasteiger partial charge is 0.369 e. The second kappa shape index (κ2) is 9.58. The van der Waals surface area contributed by atoms with E-state index >= 15 is 0 Å². The first-order chi connectivity index (χ1) is 17.5. The minimum Gasteiger partial charge on any atom is -0.369 e. The van der Waals surface area contributed by atoms with E-state index in [1.54, 1.807) is 12.1 Å². The van der Waals surface area contributed by atoms with E-state index in [-0.39, 0.29) is 21.2 Å². The van der Waals surface area contributed by atoms with Crippen LogP contribution in [0.4, 0.5) is 32.0 Å². The Bertz CT molecular complexity index is 1470. The minimum absolute atomic E-state index is 0.0727. The second-order valence-corrected chi connectivity index (χ2v) is 11.1. The number of hydrazone groups is 1. The molecule has 0 bridgehead atoms. The van der Waals surface area contributed by atoms with Gasteiger partial charge in [-0.15, -0.1) is 0 Å². The van der Waals surface area contributed by atoms with Crippen molar-refractivity contribution in [3.63, 3.8) is 0 Å². The van der Waals surface area contributed by atoms with Crippen molar-refractivity contribution in [2.75, 3.05) is 11.3 Å². The van der Waals surface area contributed by atoms with Crippen LogP contribution in [-0.2, 0) is 9.84 Å².